The van der Waals surface area contributed by atoms with Crippen molar-refractivity contribution < 1.29 is 32.0 Å². The van der Waals surface area contributed by atoms with Crippen LogP contribution in [0.2, 0.25) is 0 Å². The Balaban J connectivity index is 1.78. The van der Waals surface area contributed by atoms with Gasteiger partial charge in [-0.05, 0) is 62.9 Å². The van der Waals surface area contributed by atoms with Crippen LogP contribution >= 0.6 is 0 Å². The average Bonchev–Trinajstić information content (AvgIpc) is 3.30. The molecule has 1 aliphatic carbocycles. The number of oxazole rings is 1. The number of aromatic nitrogens is 1. The molecule has 2 amide bonds. The Bertz CT molecular complexity index is 1370. The molecule has 4 rings (SSSR count). The maximum absolute atomic E-state index is 14.7. The Kier molecular flexibility index (Phi) is 7.29. The van der Waals surface area contributed by atoms with Crippen LogP contribution in [0.1, 0.15) is 44.4 Å². The summed E-state index contributed by atoms with van der Waals surface area (Å²) in [6, 6.07) is 9.09. The number of primary amides is 1. The van der Waals surface area contributed by atoms with Crippen molar-refractivity contribution in [3.8, 4) is 28.3 Å². The Morgan fingerprint density at radius 2 is 1.92 bits per heavy atom. The van der Waals surface area contributed by atoms with E-state index in [-0.39, 0.29) is 33.6 Å². The molecule has 10 nitrogen and oxygen atoms in total. The van der Waals surface area contributed by atoms with Gasteiger partial charge in [0.25, 0.3) is 0 Å². The van der Waals surface area contributed by atoms with Crippen molar-refractivity contribution in [2.75, 3.05) is 6.61 Å². The summed E-state index contributed by atoms with van der Waals surface area (Å²) in [5.74, 6) is -0.219. The average molecular weight is 519 g/mol. The zero-order chi connectivity index (χ0) is 26.0. The number of carbonyl (C=O) groups is 1. The molecule has 1 fully saturated rings. The second kappa shape index (κ2) is 10.2. The zero-order valence-corrected chi connectivity index (χ0v) is 20.4. The Hall–Kier alpha value is -3.48. The number of hydroxylamine groups is 2. The molecule has 3 aromatic rings. The third-order valence-electron chi connectivity index (χ3n) is 6.20. The van der Waals surface area contributed by atoms with E-state index in [0.29, 0.717) is 48.8 Å². The Morgan fingerprint density at radius 3 is 2.53 bits per heavy atom. The van der Waals surface area contributed by atoms with Gasteiger partial charge in [-0.15, -0.1) is 0 Å². The maximum atomic E-state index is 14.7. The molecule has 5 N–H and O–H groups in total. The molecule has 36 heavy (non-hydrogen) atoms. The van der Waals surface area contributed by atoms with Crippen molar-refractivity contribution in [2.45, 2.75) is 49.5 Å². The first-order chi connectivity index (χ1) is 17.1. The van der Waals surface area contributed by atoms with Crippen molar-refractivity contribution in [1.29, 1.82) is 0 Å². The van der Waals surface area contributed by atoms with Gasteiger partial charge in [-0.2, -0.15) is 0 Å². The molecule has 1 saturated carbocycles. The minimum Gasteiger partial charge on any atom is -0.491 e. The van der Waals surface area contributed by atoms with E-state index in [0.717, 1.165) is 0 Å². The summed E-state index contributed by atoms with van der Waals surface area (Å²) < 4.78 is 50.7. The molecule has 0 spiro atoms. The maximum Gasteiger partial charge on any atom is 0.338 e. The van der Waals surface area contributed by atoms with Gasteiger partial charge >= 0.3 is 6.03 Å². The number of halogens is 1. The van der Waals surface area contributed by atoms with Gasteiger partial charge < -0.3 is 14.9 Å². The van der Waals surface area contributed by atoms with Crippen LogP contribution < -0.4 is 15.6 Å². The quantitative estimate of drug-likeness (QED) is 0.314. The van der Waals surface area contributed by atoms with Gasteiger partial charge in [0.1, 0.15) is 5.69 Å². The molecule has 0 aliphatic heterocycles. The van der Waals surface area contributed by atoms with Crippen LogP contribution in [0.15, 0.2) is 51.8 Å². The molecule has 0 atom stereocenters. The fourth-order valence-electron chi connectivity index (χ4n) is 4.46. The molecule has 0 radical (unpaired) electrons. The monoisotopic (exact) mass is 518 g/mol. The second-order valence-corrected chi connectivity index (χ2v) is 10.1. The van der Waals surface area contributed by atoms with Crippen molar-refractivity contribution in [3.63, 3.8) is 0 Å². The van der Waals surface area contributed by atoms with Gasteiger partial charge in [0.15, 0.2) is 23.2 Å². The number of ether oxygens (including phenoxy) is 1. The molecule has 0 unspecified atom stereocenters. The second-order valence-electron chi connectivity index (χ2n) is 8.54. The van der Waals surface area contributed by atoms with Crippen LogP contribution in [-0.2, 0) is 10.0 Å². The number of benzene rings is 2. The zero-order valence-electron chi connectivity index (χ0n) is 19.6. The number of amides is 2. The van der Waals surface area contributed by atoms with E-state index in [1.54, 1.807) is 25.1 Å². The first-order valence-corrected chi connectivity index (χ1v) is 13.0. The number of nitrogens with two attached hydrogens (primary N) is 2. The summed E-state index contributed by atoms with van der Waals surface area (Å²) in [6.45, 7) is 2.04. The predicted molar refractivity (Wildman–Crippen MR) is 128 cm³/mol. The van der Waals surface area contributed by atoms with E-state index >= 15 is 0 Å². The van der Waals surface area contributed by atoms with Gasteiger partial charge in [0.05, 0.1) is 17.5 Å². The highest BCUT2D eigenvalue weighted by atomic mass is 32.2. The van der Waals surface area contributed by atoms with Crippen LogP contribution in [0.5, 0.6) is 5.75 Å². The standard InChI is InChI=1S/C24H27FN4O6S/c1-2-34-19-12-9-15(13-18(19)25)21-22(17-5-3-4-6-20(17)36(27,32)33)35-23(28-21)14-7-10-16(11-8-14)29(31)24(26)30/h3-6,9,12-14,16,31H,2,7-8,10-11H2,1H3,(H2,26,30)(H2,27,32,33). The minimum atomic E-state index is -4.10. The van der Waals surface area contributed by atoms with Crippen molar-refractivity contribution >= 4 is 16.1 Å². The van der Waals surface area contributed by atoms with Crippen molar-refractivity contribution in [2.24, 2.45) is 10.9 Å². The van der Waals surface area contributed by atoms with Crippen molar-refractivity contribution in [1.82, 2.24) is 10.0 Å². The van der Waals surface area contributed by atoms with Crippen molar-refractivity contribution in [3.05, 3.63) is 54.2 Å². The van der Waals surface area contributed by atoms with E-state index in [1.165, 1.54) is 24.3 Å². The number of rotatable bonds is 7. The highest BCUT2D eigenvalue weighted by Crippen LogP contribution is 2.41. The molecule has 1 heterocycles. The third kappa shape index (κ3) is 5.20. The lowest BCUT2D eigenvalue weighted by atomic mass is 9.86. The third-order valence-corrected chi connectivity index (χ3v) is 7.17. The molecule has 1 aliphatic rings. The van der Waals surface area contributed by atoms with Gasteiger partial charge in [-0.3, -0.25) is 5.21 Å². The fourth-order valence-corrected chi connectivity index (χ4v) is 5.20. The summed E-state index contributed by atoms with van der Waals surface area (Å²) in [4.78, 5) is 15.8. The number of primary sulfonamides is 1. The SMILES string of the molecule is CCOc1ccc(-c2nc(C3CCC(N(O)C(N)=O)CC3)oc2-c2ccccc2S(N)(=O)=O)cc1F. The number of nitrogens with zero attached hydrogens (tertiary/aromatic N) is 2. The van der Waals surface area contributed by atoms with E-state index < -0.39 is 27.9 Å². The van der Waals surface area contributed by atoms with Crippen LogP contribution in [0, 0.1) is 5.82 Å². The van der Waals surface area contributed by atoms with Crippen LogP contribution in [-0.4, -0.2) is 42.4 Å². The van der Waals surface area contributed by atoms with E-state index in [9.17, 15) is 22.8 Å². The first kappa shape index (κ1) is 25.6. The lowest BCUT2D eigenvalue weighted by Crippen LogP contribution is -2.42. The summed E-state index contributed by atoms with van der Waals surface area (Å²) in [6.07, 6.45) is 1.98. The lowest BCUT2D eigenvalue weighted by Gasteiger charge is -2.30. The number of sulfonamides is 1. The van der Waals surface area contributed by atoms with Crippen LogP contribution in [0.25, 0.3) is 22.6 Å². The molecule has 0 saturated heterocycles. The van der Waals surface area contributed by atoms with Gasteiger partial charge in [0.2, 0.25) is 10.0 Å². The molecule has 192 valence electrons. The van der Waals surface area contributed by atoms with Gasteiger partial charge in [-0.25, -0.2) is 32.8 Å². The molecule has 2 aromatic carbocycles. The summed E-state index contributed by atoms with van der Waals surface area (Å²) >= 11 is 0. The summed E-state index contributed by atoms with van der Waals surface area (Å²) in [5, 5.41) is 15.8. The lowest BCUT2D eigenvalue weighted by molar-refractivity contribution is -0.0854. The number of urea groups is 1. The Morgan fingerprint density at radius 1 is 1.22 bits per heavy atom. The normalized spacial score (nSPS) is 18.1. The molecule has 1 aromatic heterocycles. The molecule has 0 bridgehead atoms. The highest BCUT2D eigenvalue weighted by molar-refractivity contribution is 7.89. The summed E-state index contributed by atoms with van der Waals surface area (Å²) in [5.41, 5.74) is 5.99. The summed E-state index contributed by atoms with van der Waals surface area (Å²) in [7, 11) is -4.10. The number of hydrogen-bond donors (Lipinski definition) is 3. The highest BCUT2D eigenvalue weighted by Gasteiger charge is 2.32. The van der Waals surface area contributed by atoms with E-state index in [4.69, 9.17) is 20.0 Å². The largest absolute Gasteiger partial charge is 0.491 e. The van der Waals surface area contributed by atoms with Gasteiger partial charge in [0, 0.05) is 17.0 Å². The van der Waals surface area contributed by atoms with E-state index in [1.807, 2.05) is 0 Å². The Labute approximate surface area is 207 Å². The molecular formula is C24H27FN4O6S. The smallest absolute Gasteiger partial charge is 0.338 e. The van der Waals surface area contributed by atoms with Gasteiger partial charge in [-0.1, -0.05) is 12.1 Å². The predicted octanol–water partition coefficient (Wildman–Crippen LogP) is 3.99. The minimum absolute atomic E-state index is 0.0813. The molecular weight excluding hydrogens is 491 g/mol. The number of hydrogen-bond acceptors (Lipinski definition) is 7. The topological polar surface area (TPSA) is 162 Å². The first-order valence-electron chi connectivity index (χ1n) is 11.4. The van der Waals surface area contributed by atoms with Crippen LogP contribution in [0.4, 0.5) is 9.18 Å². The molecule has 12 heteroatoms. The van der Waals surface area contributed by atoms with Crippen LogP contribution in [0.3, 0.4) is 0 Å². The van der Waals surface area contributed by atoms with E-state index in [2.05, 4.69) is 4.98 Å². The fraction of sp³-hybridized carbons (Fsp3) is 0.333. The number of carbonyl (C=O) groups excluding carboxylic acids is 1.